The number of rotatable bonds is 0. The smallest absolute Gasteiger partial charge is 0.125 e. The highest BCUT2D eigenvalue weighted by Crippen LogP contribution is 1.89. The van der Waals surface area contributed by atoms with Gasteiger partial charge in [-0.1, -0.05) is 12.1 Å². The minimum absolute atomic E-state index is 0.822. The number of nitrogens with zero attached hydrogens (tertiary/aromatic N) is 7. The molecule has 5 aromatic heterocycles. The van der Waals surface area contributed by atoms with Gasteiger partial charge in [0.05, 0.1) is 0 Å². The van der Waals surface area contributed by atoms with Crippen LogP contribution in [-0.2, 0) is 0 Å². The predicted octanol–water partition coefficient (Wildman–Crippen LogP) is 5.74. The fourth-order valence-corrected chi connectivity index (χ4v) is 2.05. The van der Waals surface area contributed by atoms with Gasteiger partial charge in [-0.2, -0.15) is 0 Å². The summed E-state index contributed by atoms with van der Waals surface area (Å²) in [5, 5.41) is 0. The fraction of sp³-hybridized carbons (Fsp3) is 0.179. The second-order valence-corrected chi connectivity index (χ2v) is 7.17. The second-order valence-electron chi connectivity index (χ2n) is 7.17. The molecule has 0 aromatic carbocycles. The van der Waals surface area contributed by atoms with Gasteiger partial charge in [0.2, 0.25) is 0 Å². The quantitative estimate of drug-likeness (QED) is 0.287. The van der Waals surface area contributed by atoms with Gasteiger partial charge in [0.25, 0.3) is 0 Å². The van der Waals surface area contributed by atoms with Crippen molar-refractivity contribution in [2.45, 2.75) is 34.6 Å². The molecule has 0 spiro atoms. The summed E-state index contributed by atoms with van der Waals surface area (Å²) in [7, 11) is 0. The largest absolute Gasteiger partial charge is 0.265 e. The molecular weight excluding hydrogens is 434 g/mol. The van der Waals surface area contributed by atoms with Crippen LogP contribution in [0.5, 0.6) is 0 Å². The SMILES string of the molecule is Cc1ccccn1.Cc1cccnc1.Cc1ccncc1.Cc1ccncn1.Cc1ncccn1. The van der Waals surface area contributed by atoms with E-state index in [1.807, 2.05) is 89.3 Å². The molecule has 0 saturated carbocycles. The Morgan fingerprint density at radius 1 is 0.429 bits per heavy atom. The van der Waals surface area contributed by atoms with Crippen LogP contribution in [0, 0.1) is 34.6 Å². The van der Waals surface area contributed by atoms with Crippen LogP contribution in [0.15, 0.2) is 110 Å². The zero-order valence-corrected chi connectivity index (χ0v) is 21.0. The zero-order valence-electron chi connectivity index (χ0n) is 21.0. The van der Waals surface area contributed by atoms with Crippen molar-refractivity contribution in [3.8, 4) is 0 Å². The Morgan fingerprint density at radius 2 is 1.09 bits per heavy atom. The average Bonchev–Trinajstić information content (AvgIpc) is 2.88. The molecule has 0 aliphatic heterocycles. The highest BCUT2D eigenvalue weighted by Gasteiger charge is 1.76. The second kappa shape index (κ2) is 19.1. The van der Waals surface area contributed by atoms with E-state index in [9.17, 15) is 0 Å². The molecule has 5 heterocycles. The van der Waals surface area contributed by atoms with Crippen LogP contribution in [0.25, 0.3) is 0 Å². The Bertz CT molecular complexity index is 893. The molecule has 0 atom stereocenters. The normalized spacial score (nSPS) is 8.71. The Hall–Kier alpha value is -4.39. The van der Waals surface area contributed by atoms with Gasteiger partial charge in [-0.25, -0.2) is 19.9 Å². The van der Waals surface area contributed by atoms with E-state index in [1.165, 1.54) is 17.5 Å². The number of aryl methyl sites for hydroxylation is 5. The molecule has 0 N–H and O–H groups in total. The summed E-state index contributed by atoms with van der Waals surface area (Å²) in [5.41, 5.74) is 4.55. The summed E-state index contributed by atoms with van der Waals surface area (Å²) in [5.74, 6) is 0.822. The third-order valence-corrected chi connectivity index (χ3v) is 3.89. The summed E-state index contributed by atoms with van der Waals surface area (Å²) in [6.45, 7) is 9.83. The van der Waals surface area contributed by atoms with Crippen LogP contribution in [0.3, 0.4) is 0 Å². The van der Waals surface area contributed by atoms with Gasteiger partial charge in [0.1, 0.15) is 12.2 Å². The van der Waals surface area contributed by atoms with Crippen molar-refractivity contribution >= 4 is 0 Å². The molecule has 35 heavy (non-hydrogen) atoms. The molecule has 0 aliphatic carbocycles. The number of pyridine rings is 3. The monoisotopic (exact) mass is 467 g/mol. The molecule has 0 fully saturated rings. The molecule has 0 amide bonds. The Kier molecular flexibility index (Phi) is 15.6. The number of hydrogen-bond acceptors (Lipinski definition) is 7. The molecule has 0 unspecified atom stereocenters. The molecule has 7 heteroatoms. The number of hydrogen-bond donors (Lipinski definition) is 0. The highest BCUT2D eigenvalue weighted by atomic mass is 14.8. The van der Waals surface area contributed by atoms with E-state index < -0.39 is 0 Å². The lowest BCUT2D eigenvalue weighted by Gasteiger charge is -1.82. The van der Waals surface area contributed by atoms with E-state index in [4.69, 9.17) is 0 Å². The van der Waals surface area contributed by atoms with Crippen molar-refractivity contribution in [1.29, 1.82) is 0 Å². The topological polar surface area (TPSA) is 90.2 Å². The molecule has 5 aromatic rings. The van der Waals surface area contributed by atoms with Gasteiger partial charge in [-0.3, -0.25) is 15.0 Å². The van der Waals surface area contributed by atoms with Crippen LogP contribution < -0.4 is 0 Å². The lowest BCUT2D eigenvalue weighted by molar-refractivity contribution is 1.05. The molecule has 0 aliphatic rings. The first-order valence-corrected chi connectivity index (χ1v) is 11.0. The molecular formula is C28H33N7. The van der Waals surface area contributed by atoms with Crippen LogP contribution in [-0.4, -0.2) is 34.9 Å². The molecule has 180 valence electrons. The van der Waals surface area contributed by atoms with Gasteiger partial charge < -0.3 is 0 Å². The molecule has 7 nitrogen and oxygen atoms in total. The van der Waals surface area contributed by atoms with E-state index in [2.05, 4.69) is 34.9 Å². The first kappa shape index (κ1) is 28.6. The van der Waals surface area contributed by atoms with Gasteiger partial charge >= 0.3 is 0 Å². The van der Waals surface area contributed by atoms with Crippen molar-refractivity contribution in [2.24, 2.45) is 0 Å². The zero-order chi connectivity index (χ0) is 25.6. The Balaban J connectivity index is 0.000000219. The third kappa shape index (κ3) is 17.8. The Labute approximate surface area is 208 Å². The number of aromatic nitrogens is 7. The maximum Gasteiger partial charge on any atom is 0.125 e. The average molecular weight is 468 g/mol. The van der Waals surface area contributed by atoms with E-state index in [0.29, 0.717) is 0 Å². The minimum atomic E-state index is 0.822. The highest BCUT2D eigenvalue weighted by molar-refractivity contribution is 5.06. The molecule has 0 saturated heterocycles. The van der Waals surface area contributed by atoms with E-state index >= 15 is 0 Å². The van der Waals surface area contributed by atoms with Crippen molar-refractivity contribution < 1.29 is 0 Å². The summed E-state index contributed by atoms with van der Waals surface area (Å²) in [6, 6.07) is 17.4. The van der Waals surface area contributed by atoms with Crippen molar-refractivity contribution in [3.05, 3.63) is 139 Å². The first-order valence-electron chi connectivity index (χ1n) is 11.0. The summed E-state index contributed by atoms with van der Waals surface area (Å²) in [6.07, 6.45) is 15.7. The minimum Gasteiger partial charge on any atom is -0.265 e. The van der Waals surface area contributed by atoms with Gasteiger partial charge in [0, 0.05) is 61.0 Å². The predicted molar refractivity (Wildman–Crippen MR) is 140 cm³/mol. The summed E-state index contributed by atoms with van der Waals surface area (Å²) < 4.78 is 0. The van der Waals surface area contributed by atoms with Crippen LogP contribution >= 0.6 is 0 Å². The van der Waals surface area contributed by atoms with Crippen molar-refractivity contribution in [1.82, 2.24) is 34.9 Å². The summed E-state index contributed by atoms with van der Waals surface area (Å²) >= 11 is 0. The van der Waals surface area contributed by atoms with Crippen LogP contribution in [0.2, 0.25) is 0 Å². The Morgan fingerprint density at radius 3 is 1.37 bits per heavy atom. The van der Waals surface area contributed by atoms with Crippen molar-refractivity contribution in [3.63, 3.8) is 0 Å². The van der Waals surface area contributed by atoms with Gasteiger partial charge in [0.15, 0.2) is 0 Å². The van der Waals surface area contributed by atoms with Crippen molar-refractivity contribution in [2.75, 3.05) is 0 Å². The standard InChI is InChI=1S/3C6H7N.2C5H6N2/c1-6-2-4-7-5-3-6;1-6-3-2-4-7-5-6;1-6-4-2-3-5-7-6;1-5-2-3-6-4-7-5;1-5-6-3-2-4-7-5/h3*2-5H,1H3;2*2-4H,1H3. The molecule has 5 rings (SSSR count). The lowest BCUT2D eigenvalue weighted by atomic mass is 10.3. The molecule has 0 bridgehead atoms. The lowest BCUT2D eigenvalue weighted by Crippen LogP contribution is -1.80. The maximum atomic E-state index is 3.98. The third-order valence-electron chi connectivity index (χ3n) is 3.89. The van der Waals surface area contributed by atoms with Crippen LogP contribution in [0.1, 0.15) is 28.3 Å². The maximum absolute atomic E-state index is 3.98. The van der Waals surface area contributed by atoms with E-state index in [0.717, 1.165) is 17.2 Å². The van der Waals surface area contributed by atoms with E-state index in [1.54, 1.807) is 49.4 Å². The summed E-state index contributed by atoms with van der Waals surface area (Å²) in [4.78, 5) is 27.0. The first-order chi connectivity index (χ1) is 17.0. The molecule has 0 radical (unpaired) electrons. The van der Waals surface area contributed by atoms with Crippen LogP contribution in [0.4, 0.5) is 0 Å². The van der Waals surface area contributed by atoms with Gasteiger partial charge in [-0.15, -0.1) is 0 Å². The van der Waals surface area contributed by atoms with Gasteiger partial charge in [-0.05, 0) is 88.2 Å². The van der Waals surface area contributed by atoms with E-state index in [-0.39, 0.29) is 0 Å². The fourth-order valence-electron chi connectivity index (χ4n) is 2.05.